The first-order valence-corrected chi connectivity index (χ1v) is 22.3. The smallest absolute Gasteiger partial charge is 0.0272 e. The Bertz CT molecular complexity index is 3350. The summed E-state index contributed by atoms with van der Waals surface area (Å²) in [5.41, 5.74) is 14.2. The van der Waals surface area contributed by atoms with E-state index in [0.29, 0.717) is 11.8 Å². The predicted molar refractivity (Wildman–Crippen MR) is 254 cm³/mol. The van der Waals surface area contributed by atoms with Crippen molar-refractivity contribution in [2.45, 2.75) is 37.5 Å². The molecular weight excluding hydrogens is 721 g/mol. The molecule has 0 nitrogen and oxygen atoms in total. The van der Waals surface area contributed by atoms with Crippen molar-refractivity contribution in [3.63, 3.8) is 0 Å². The Kier molecular flexibility index (Phi) is 6.82. The molecule has 0 heterocycles. The average molecular weight is 765 g/mol. The number of hydrogen-bond acceptors (Lipinski definition) is 0. The third-order valence-corrected chi connectivity index (χ3v) is 16.0. The normalized spacial score (nSPS) is 22.4. The molecule has 0 N–H and O–H groups in total. The maximum atomic E-state index is 2.68. The van der Waals surface area contributed by atoms with Gasteiger partial charge >= 0.3 is 0 Å². The Morgan fingerprint density at radius 3 is 1.43 bits per heavy atom. The number of hydrogen-bond donors (Lipinski definition) is 0. The third-order valence-electron chi connectivity index (χ3n) is 16.0. The van der Waals surface area contributed by atoms with Crippen LogP contribution in [0.1, 0.15) is 43.2 Å². The summed E-state index contributed by atoms with van der Waals surface area (Å²) in [7, 11) is 0. The van der Waals surface area contributed by atoms with Crippen LogP contribution < -0.4 is 0 Å². The molecule has 0 atom stereocenters. The van der Waals surface area contributed by atoms with Gasteiger partial charge < -0.3 is 0 Å². The first-order chi connectivity index (χ1) is 29.7. The molecule has 0 heteroatoms. The van der Waals surface area contributed by atoms with E-state index in [1.165, 1.54) is 130 Å². The molecule has 0 saturated heterocycles. The lowest BCUT2D eigenvalue weighted by Gasteiger charge is -2.61. The molecule has 5 aliphatic rings. The van der Waals surface area contributed by atoms with Crippen LogP contribution in [0.25, 0.3) is 98.4 Å². The predicted octanol–water partition coefficient (Wildman–Crippen LogP) is 16.2. The van der Waals surface area contributed by atoms with Crippen LogP contribution in [0.4, 0.5) is 0 Å². The van der Waals surface area contributed by atoms with Gasteiger partial charge in [0.15, 0.2) is 0 Å². The van der Waals surface area contributed by atoms with E-state index in [1.54, 1.807) is 11.1 Å². The molecule has 4 fully saturated rings. The minimum Gasteiger partial charge on any atom is -0.0616 e. The summed E-state index contributed by atoms with van der Waals surface area (Å²) in [5.74, 6) is 3.17. The van der Waals surface area contributed by atoms with Crippen LogP contribution in [0, 0.1) is 23.7 Å². The van der Waals surface area contributed by atoms with Crippen molar-refractivity contribution in [2.24, 2.45) is 23.7 Å². The van der Waals surface area contributed by atoms with Crippen LogP contribution in [0.3, 0.4) is 0 Å². The molecule has 0 unspecified atom stereocenters. The SMILES string of the molecule is c1ccc2cc3c(cc2c1)-c1c(cc2ccccc2c1-c1c2ccccc2c(-c2ccc(-c4cccc5ccccc45)cc2)c2ccccc12)C31C2CC3CC(C2)CC1C3. The Morgan fingerprint density at radius 2 is 0.783 bits per heavy atom. The lowest BCUT2D eigenvalue weighted by molar-refractivity contribution is -0.0398. The molecule has 10 aromatic rings. The van der Waals surface area contributed by atoms with Crippen LogP contribution in [0.2, 0.25) is 0 Å². The molecular formula is C60H44. The molecule has 0 aliphatic heterocycles. The molecule has 0 amide bonds. The van der Waals surface area contributed by atoms with Gasteiger partial charge in [0.25, 0.3) is 0 Å². The van der Waals surface area contributed by atoms with Gasteiger partial charge in [-0.3, -0.25) is 0 Å². The second kappa shape index (κ2) is 12.3. The lowest BCUT2D eigenvalue weighted by atomic mass is 9.43. The highest BCUT2D eigenvalue weighted by atomic mass is 14.6. The maximum Gasteiger partial charge on any atom is 0.0272 e. The Hall–Kier alpha value is -6.50. The molecule has 284 valence electrons. The highest BCUT2D eigenvalue weighted by Gasteiger charge is 2.62. The van der Waals surface area contributed by atoms with Crippen LogP contribution in [-0.4, -0.2) is 0 Å². The van der Waals surface area contributed by atoms with E-state index in [1.807, 2.05) is 0 Å². The summed E-state index contributed by atoms with van der Waals surface area (Å²) in [4.78, 5) is 0. The summed E-state index contributed by atoms with van der Waals surface area (Å²) in [6.07, 6.45) is 6.96. The van der Waals surface area contributed by atoms with Gasteiger partial charge in [-0.25, -0.2) is 0 Å². The van der Waals surface area contributed by atoms with E-state index in [4.69, 9.17) is 0 Å². The topological polar surface area (TPSA) is 0 Å². The fourth-order valence-corrected chi connectivity index (χ4v) is 14.0. The Labute approximate surface area is 351 Å². The quantitative estimate of drug-likeness (QED) is 0.157. The van der Waals surface area contributed by atoms with Crippen molar-refractivity contribution in [3.8, 4) is 44.5 Å². The fraction of sp³-hybridized carbons (Fsp3) is 0.167. The highest BCUT2D eigenvalue weighted by molar-refractivity contribution is 6.26. The highest BCUT2D eigenvalue weighted by Crippen LogP contribution is 2.71. The van der Waals surface area contributed by atoms with E-state index >= 15 is 0 Å². The third kappa shape index (κ3) is 4.41. The second-order valence-electron chi connectivity index (χ2n) is 18.8. The van der Waals surface area contributed by atoms with Gasteiger partial charge in [0.2, 0.25) is 0 Å². The van der Waals surface area contributed by atoms with Gasteiger partial charge in [0.05, 0.1) is 0 Å². The lowest BCUT2D eigenvalue weighted by Crippen LogP contribution is -2.55. The van der Waals surface area contributed by atoms with Crippen LogP contribution in [0.15, 0.2) is 182 Å². The molecule has 4 bridgehead atoms. The summed E-state index contributed by atoms with van der Waals surface area (Å²) >= 11 is 0. The largest absolute Gasteiger partial charge is 0.0616 e. The van der Waals surface area contributed by atoms with Crippen LogP contribution >= 0.6 is 0 Å². The van der Waals surface area contributed by atoms with E-state index < -0.39 is 0 Å². The van der Waals surface area contributed by atoms with Crippen molar-refractivity contribution in [1.29, 1.82) is 0 Å². The number of fused-ring (bicyclic) bond motifs is 8. The molecule has 60 heavy (non-hydrogen) atoms. The summed E-state index contributed by atoms with van der Waals surface area (Å²) < 4.78 is 0. The maximum absolute atomic E-state index is 2.68. The fourth-order valence-electron chi connectivity index (χ4n) is 14.0. The molecule has 4 saturated carbocycles. The molecule has 0 radical (unpaired) electrons. The number of rotatable bonds is 3. The summed E-state index contributed by atoms with van der Waals surface area (Å²) in [6, 6.07) is 69.8. The van der Waals surface area contributed by atoms with Crippen molar-refractivity contribution in [3.05, 3.63) is 193 Å². The van der Waals surface area contributed by atoms with Gasteiger partial charge in [-0.2, -0.15) is 0 Å². The van der Waals surface area contributed by atoms with Gasteiger partial charge in [0.1, 0.15) is 0 Å². The van der Waals surface area contributed by atoms with Crippen molar-refractivity contribution >= 4 is 53.9 Å². The Morgan fingerprint density at radius 1 is 0.300 bits per heavy atom. The average Bonchev–Trinajstić information content (AvgIpc) is 3.57. The molecule has 10 aromatic carbocycles. The molecule has 15 rings (SSSR count). The summed E-state index contributed by atoms with van der Waals surface area (Å²) in [6.45, 7) is 0. The first kappa shape index (κ1) is 33.3. The van der Waals surface area contributed by atoms with E-state index in [2.05, 4.69) is 182 Å². The monoisotopic (exact) mass is 764 g/mol. The van der Waals surface area contributed by atoms with E-state index in [9.17, 15) is 0 Å². The molecule has 0 aromatic heterocycles. The van der Waals surface area contributed by atoms with Crippen molar-refractivity contribution < 1.29 is 0 Å². The van der Waals surface area contributed by atoms with E-state index in [0.717, 1.165) is 11.8 Å². The van der Waals surface area contributed by atoms with Crippen molar-refractivity contribution in [1.82, 2.24) is 0 Å². The zero-order valence-electron chi connectivity index (χ0n) is 33.7. The van der Waals surface area contributed by atoms with Gasteiger partial charge in [-0.05, 0) is 183 Å². The minimum absolute atomic E-state index is 0.0538. The zero-order chi connectivity index (χ0) is 39.1. The molecule has 5 aliphatic carbocycles. The van der Waals surface area contributed by atoms with Gasteiger partial charge in [0, 0.05) is 5.41 Å². The second-order valence-corrected chi connectivity index (χ2v) is 18.8. The Balaban J connectivity index is 1.07. The minimum atomic E-state index is 0.0538. The van der Waals surface area contributed by atoms with Crippen LogP contribution in [-0.2, 0) is 5.41 Å². The van der Waals surface area contributed by atoms with Crippen LogP contribution in [0.5, 0.6) is 0 Å². The van der Waals surface area contributed by atoms with Gasteiger partial charge in [-0.1, -0.05) is 164 Å². The molecule has 1 spiro atoms. The standard InChI is InChI=1S/C60H44/c1-2-14-42-34-54-53(33-41(42)13-1)58-55(60(54)44-29-36-28-37(31-44)32-45(60)30-36)35-43-15-4-6-18-48(43)59(58)57-51-21-9-7-19-49(51)56(50-20-8-10-22-52(50)57)40-26-24-39(25-27-40)47-23-11-16-38-12-3-5-17-46(38)47/h1-27,33-37,44-45H,28-32H2. The van der Waals surface area contributed by atoms with Gasteiger partial charge in [-0.15, -0.1) is 0 Å². The van der Waals surface area contributed by atoms with Crippen molar-refractivity contribution in [2.75, 3.05) is 0 Å². The van der Waals surface area contributed by atoms with E-state index in [-0.39, 0.29) is 5.41 Å². The number of benzene rings is 10. The first-order valence-electron chi connectivity index (χ1n) is 22.3. The summed E-state index contributed by atoms with van der Waals surface area (Å²) in [5, 5.41) is 13.3. The zero-order valence-corrected chi connectivity index (χ0v) is 33.7.